The van der Waals surface area contributed by atoms with Gasteiger partial charge < -0.3 is 0 Å². The van der Waals surface area contributed by atoms with Crippen LogP contribution in [0, 0.1) is 44.5 Å². The normalized spacial score (nSPS) is 6.83. The molecule has 0 bridgehead atoms. The average Bonchev–Trinajstić information content (AvgIpc) is 2.38. The highest BCUT2D eigenvalue weighted by molar-refractivity contribution is 9.12. The van der Waals surface area contributed by atoms with Gasteiger partial charge in [0.25, 0.3) is 0 Å². The van der Waals surface area contributed by atoms with E-state index in [0.717, 1.165) is 24.1 Å². The van der Waals surface area contributed by atoms with Crippen LogP contribution in [0.15, 0.2) is 0 Å². The monoisotopic (exact) mass is 411 g/mol. The molecule has 0 aromatic carbocycles. The molecule has 0 aliphatic carbocycles. The van der Waals surface area contributed by atoms with Crippen molar-refractivity contribution in [3.05, 3.63) is 0 Å². The first-order chi connectivity index (χ1) is 8.81. The fourth-order valence-corrected chi connectivity index (χ4v) is 1.02. The van der Waals surface area contributed by atoms with E-state index in [0.29, 0.717) is 0 Å². The Balaban J connectivity index is 3.70. The molecule has 9 heteroatoms. The van der Waals surface area contributed by atoms with E-state index >= 15 is 0 Å². The maximum atomic E-state index is 4.49. The molecular weight excluding hydrogens is 410 g/mol. The molecule has 0 aliphatic rings. The topological polar surface area (TPSA) is 40.2 Å². The van der Waals surface area contributed by atoms with Crippen molar-refractivity contribution in [2.24, 2.45) is 0 Å². The quantitative estimate of drug-likeness (QED) is 0.175. The summed E-state index contributed by atoms with van der Waals surface area (Å²) in [5.74, 6) is 0. The van der Waals surface area contributed by atoms with Gasteiger partial charge in [-0.15, -0.1) is 0 Å². The van der Waals surface area contributed by atoms with E-state index in [2.05, 4.69) is 94.8 Å². The zero-order valence-corrected chi connectivity index (χ0v) is 13.5. The summed E-state index contributed by atoms with van der Waals surface area (Å²) in [5, 5.41) is 5.11. The predicted molar refractivity (Wildman–Crippen MR) is 76.2 cm³/mol. The molecule has 0 rings (SSSR count). The minimum absolute atomic E-state index is 0.770. The molecular formula is C9H3Br2NO4S2. The van der Waals surface area contributed by atoms with Gasteiger partial charge in [-0.05, 0) is 0 Å². The maximum Gasteiger partial charge on any atom is 0.171 e. The van der Waals surface area contributed by atoms with Gasteiger partial charge in [0, 0.05) is 71.2 Å². The van der Waals surface area contributed by atoms with Gasteiger partial charge in [0.05, 0.1) is 0 Å². The smallest absolute Gasteiger partial charge is 0.171 e. The summed E-state index contributed by atoms with van der Waals surface area (Å²) < 4.78 is 8.98. The Morgan fingerprint density at radius 1 is 0.889 bits per heavy atom. The lowest BCUT2D eigenvalue weighted by atomic mass is 10.8. The number of rotatable bonds is 4. The summed E-state index contributed by atoms with van der Waals surface area (Å²) in [4.78, 5) is 14.7. The molecule has 0 unspecified atom stereocenters. The molecule has 0 atom stereocenters. The van der Waals surface area contributed by atoms with E-state index in [1.54, 1.807) is 7.05 Å². The maximum absolute atomic E-state index is 4.49. The minimum atomic E-state index is 0.770. The molecule has 0 amide bonds. The van der Waals surface area contributed by atoms with Gasteiger partial charge in [0.1, 0.15) is 24.1 Å². The highest BCUT2D eigenvalue weighted by Crippen LogP contribution is 2.00. The van der Waals surface area contributed by atoms with E-state index in [-0.39, 0.29) is 0 Å². The lowest BCUT2D eigenvalue weighted by molar-refractivity contribution is -0.111. The van der Waals surface area contributed by atoms with Crippen molar-refractivity contribution < 1.29 is 18.4 Å². The lowest BCUT2D eigenvalue weighted by Crippen LogP contribution is -2.00. The van der Waals surface area contributed by atoms with Crippen molar-refractivity contribution in [2.75, 3.05) is 7.05 Å². The summed E-state index contributed by atoms with van der Waals surface area (Å²) in [6.07, 6.45) is 4.32. The van der Waals surface area contributed by atoms with Crippen molar-refractivity contribution >= 4 is 55.9 Å². The van der Waals surface area contributed by atoms with Gasteiger partial charge in [-0.25, -0.2) is 0 Å². The van der Waals surface area contributed by atoms with E-state index in [9.17, 15) is 0 Å². The Kier molecular flexibility index (Phi) is 13.7. The second-order valence-electron chi connectivity index (χ2n) is 1.85. The van der Waals surface area contributed by atoms with Gasteiger partial charge in [-0.1, -0.05) is 8.67 Å². The van der Waals surface area contributed by atoms with Crippen molar-refractivity contribution in [1.29, 1.82) is 0 Å². The molecule has 18 heavy (non-hydrogen) atoms. The lowest BCUT2D eigenvalue weighted by Gasteiger charge is -1.96. The number of hydrogen-bond acceptors (Lipinski definition) is 7. The summed E-state index contributed by atoms with van der Waals surface area (Å²) in [6.45, 7) is 0. The van der Waals surface area contributed by atoms with Crippen LogP contribution in [0.4, 0.5) is 0 Å². The van der Waals surface area contributed by atoms with Gasteiger partial charge in [0.2, 0.25) is 0 Å². The SMILES string of the molecule is CN(C#CSOOC#CBr)C#CSOOC#CBr. The first-order valence-electron chi connectivity index (χ1n) is 3.76. The van der Waals surface area contributed by atoms with Gasteiger partial charge in [-0.2, -0.15) is 0 Å². The minimum Gasteiger partial charge on any atom is -0.268 e. The van der Waals surface area contributed by atoms with Crippen molar-refractivity contribution in [3.63, 3.8) is 0 Å². The van der Waals surface area contributed by atoms with Crippen LogP contribution >= 0.6 is 55.9 Å². The molecule has 0 N–H and O–H groups in total. The van der Waals surface area contributed by atoms with E-state index < -0.39 is 0 Å². The van der Waals surface area contributed by atoms with Crippen LogP contribution in [0.3, 0.4) is 0 Å². The van der Waals surface area contributed by atoms with Crippen LogP contribution in [0.1, 0.15) is 0 Å². The number of halogens is 2. The van der Waals surface area contributed by atoms with E-state index in [1.165, 1.54) is 4.90 Å². The average molecular weight is 413 g/mol. The van der Waals surface area contributed by atoms with Crippen LogP contribution < -0.4 is 0 Å². The second-order valence-corrected chi connectivity index (χ2v) is 3.66. The predicted octanol–water partition coefficient (Wildman–Crippen LogP) is 2.57. The van der Waals surface area contributed by atoms with Crippen molar-refractivity contribution in [1.82, 2.24) is 4.90 Å². The summed E-state index contributed by atoms with van der Waals surface area (Å²) in [7, 11) is 1.65. The standard InChI is InChI=1S/C9H3Br2NO4S2/c1-12(4-8-17-15-13-6-2-10)5-9-18-16-14-7-3-11/h1H3. The molecule has 0 heterocycles. The van der Waals surface area contributed by atoms with Crippen LogP contribution in [0.2, 0.25) is 0 Å². The number of nitrogens with zero attached hydrogens (tertiary/aromatic N) is 1. The molecule has 94 valence electrons. The third kappa shape index (κ3) is 13.3. The second kappa shape index (κ2) is 14.3. The molecule has 0 saturated carbocycles. The van der Waals surface area contributed by atoms with Crippen LogP contribution in [-0.4, -0.2) is 11.9 Å². The molecule has 5 nitrogen and oxygen atoms in total. The fourth-order valence-electron chi connectivity index (χ4n) is 0.336. The van der Waals surface area contributed by atoms with Crippen LogP contribution in [-0.2, 0) is 18.4 Å². The molecule has 0 aliphatic heterocycles. The van der Waals surface area contributed by atoms with Crippen molar-refractivity contribution in [3.8, 4) is 44.5 Å². The highest BCUT2D eigenvalue weighted by atomic mass is 79.9. The fraction of sp³-hybridized carbons (Fsp3) is 0.111. The van der Waals surface area contributed by atoms with Crippen LogP contribution in [0.5, 0.6) is 0 Å². The first kappa shape index (κ1) is 17.2. The Morgan fingerprint density at radius 3 is 1.72 bits per heavy atom. The highest BCUT2D eigenvalue weighted by Gasteiger charge is 1.85. The zero-order valence-electron chi connectivity index (χ0n) is 8.65. The third-order valence-corrected chi connectivity index (χ3v) is 1.75. The Bertz CT molecular complexity index is 428. The van der Waals surface area contributed by atoms with Crippen LogP contribution in [0.25, 0.3) is 0 Å². The molecule has 0 aromatic rings. The van der Waals surface area contributed by atoms with Gasteiger partial charge >= 0.3 is 0 Å². The summed E-state index contributed by atoms with van der Waals surface area (Å²) in [6, 6.07) is 5.25. The van der Waals surface area contributed by atoms with Gasteiger partial charge in [-0.3, -0.25) is 14.7 Å². The Morgan fingerprint density at radius 2 is 1.33 bits per heavy atom. The summed E-state index contributed by atoms with van der Waals surface area (Å²) in [5.41, 5.74) is 0. The van der Waals surface area contributed by atoms with Crippen molar-refractivity contribution in [2.45, 2.75) is 0 Å². The molecule has 0 aromatic heterocycles. The molecule has 0 radical (unpaired) electrons. The summed E-state index contributed by atoms with van der Waals surface area (Å²) >= 11 is 7.18. The largest absolute Gasteiger partial charge is 0.268 e. The van der Waals surface area contributed by atoms with E-state index in [1.807, 2.05) is 0 Å². The zero-order chi connectivity index (χ0) is 13.5. The molecule has 0 spiro atoms. The van der Waals surface area contributed by atoms with Gasteiger partial charge in [0.15, 0.2) is 12.2 Å². The molecule has 0 saturated heterocycles. The Labute approximate surface area is 130 Å². The van der Waals surface area contributed by atoms with E-state index in [4.69, 9.17) is 0 Å². The number of hydrogen-bond donors (Lipinski definition) is 0. The Hall–Kier alpha value is -0.780. The molecule has 0 fully saturated rings. The third-order valence-electron chi connectivity index (χ3n) is 0.807. The first-order valence-corrected chi connectivity index (χ1v) is 6.82.